The van der Waals surface area contributed by atoms with Crippen LogP contribution < -0.4 is 15.2 Å². The molecule has 0 amide bonds. The molecular weight excluding hydrogens is 454 g/mol. The number of anilines is 1. The monoisotopic (exact) mass is 472 g/mol. The molecular formula is C23H19ClNO6S-. The van der Waals surface area contributed by atoms with Crippen molar-refractivity contribution in [3.05, 3.63) is 83.4 Å². The maximum Gasteiger partial charge on any atom is 0.212 e. The van der Waals surface area contributed by atoms with E-state index in [1.807, 2.05) is 0 Å². The summed E-state index contributed by atoms with van der Waals surface area (Å²) in [7, 11) is -2.82. The second kappa shape index (κ2) is 9.84. The zero-order valence-corrected chi connectivity index (χ0v) is 18.5. The van der Waals surface area contributed by atoms with Crippen molar-refractivity contribution in [3.63, 3.8) is 0 Å². The number of carboxylic acid groups (broad SMARTS) is 1. The molecule has 0 spiro atoms. The summed E-state index contributed by atoms with van der Waals surface area (Å²) in [5, 5.41) is 14.8. The molecule has 32 heavy (non-hydrogen) atoms. The Bertz CT molecular complexity index is 1230. The van der Waals surface area contributed by atoms with Gasteiger partial charge in [-0.2, -0.15) is 0 Å². The average molecular weight is 473 g/mol. The number of aliphatic carboxylic acids is 1. The van der Waals surface area contributed by atoms with Gasteiger partial charge in [-0.25, -0.2) is 8.42 Å². The van der Waals surface area contributed by atoms with E-state index in [2.05, 4.69) is 5.32 Å². The van der Waals surface area contributed by atoms with Crippen LogP contribution in [-0.2, 0) is 14.6 Å². The van der Waals surface area contributed by atoms with E-state index < -0.39 is 34.1 Å². The van der Waals surface area contributed by atoms with E-state index in [0.29, 0.717) is 10.6 Å². The van der Waals surface area contributed by atoms with E-state index in [4.69, 9.17) is 16.3 Å². The number of ether oxygens (including phenoxy) is 1. The molecule has 1 atom stereocenters. The molecule has 0 aliphatic rings. The van der Waals surface area contributed by atoms with Gasteiger partial charge in [-0.1, -0.05) is 48.0 Å². The quantitative estimate of drug-likeness (QED) is 0.476. The van der Waals surface area contributed by atoms with E-state index in [0.717, 1.165) is 0 Å². The number of halogens is 1. The number of rotatable bonds is 9. The van der Waals surface area contributed by atoms with Crippen LogP contribution >= 0.6 is 11.6 Å². The number of carbonyl (C=O) groups excluding carboxylic acids is 2. The second-order valence-corrected chi connectivity index (χ2v) is 9.13. The number of hydrogen-bond acceptors (Lipinski definition) is 7. The Morgan fingerprint density at radius 3 is 2.25 bits per heavy atom. The Kier molecular flexibility index (Phi) is 7.17. The molecule has 1 unspecified atom stereocenters. The molecule has 3 aromatic rings. The number of carboxylic acids is 1. The number of benzene rings is 3. The maximum atomic E-state index is 13.3. The van der Waals surface area contributed by atoms with Crippen molar-refractivity contribution in [1.82, 2.24) is 0 Å². The molecule has 9 heteroatoms. The number of nitrogens with one attached hydrogen (secondary N) is 1. The topological polar surface area (TPSA) is 113 Å². The third-order valence-corrected chi connectivity index (χ3v) is 6.79. The van der Waals surface area contributed by atoms with Gasteiger partial charge in [-0.3, -0.25) is 4.79 Å². The molecule has 0 bridgehead atoms. The first kappa shape index (κ1) is 23.3. The Labute approximate surface area is 190 Å². The summed E-state index contributed by atoms with van der Waals surface area (Å²) in [6.45, 7) is 0. The highest BCUT2D eigenvalue weighted by atomic mass is 35.5. The zero-order valence-electron chi connectivity index (χ0n) is 16.9. The number of methoxy groups -OCH3 is 1. The fraction of sp³-hybridized carbons (Fsp3) is 0.130. The van der Waals surface area contributed by atoms with Crippen molar-refractivity contribution >= 4 is 38.9 Å². The van der Waals surface area contributed by atoms with Crippen LogP contribution in [0.3, 0.4) is 0 Å². The number of Topliss-reactive ketones (excluding diaryl/α,β-unsaturated/α-hetero) is 1. The average Bonchev–Trinajstić information content (AvgIpc) is 2.79. The molecule has 0 fully saturated rings. The zero-order chi connectivity index (χ0) is 23.3. The second-order valence-electron chi connectivity index (χ2n) is 6.80. The van der Waals surface area contributed by atoms with Crippen molar-refractivity contribution in [1.29, 1.82) is 0 Å². The maximum absolute atomic E-state index is 13.3. The highest BCUT2D eigenvalue weighted by Gasteiger charge is 2.28. The predicted octanol–water partition coefficient (Wildman–Crippen LogP) is 2.98. The summed E-state index contributed by atoms with van der Waals surface area (Å²) >= 11 is 5.86. The summed E-state index contributed by atoms with van der Waals surface area (Å²) < 4.78 is 31.9. The molecule has 0 heterocycles. The van der Waals surface area contributed by atoms with Gasteiger partial charge in [0, 0.05) is 17.0 Å². The summed E-state index contributed by atoms with van der Waals surface area (Å²) in [6.07, 6.45) is -0.440. The lowest BCUT2D eigenvalue weighted by Gasteiger charge is -2.23. The van der Waals surface area contributed by atoms with E-state index in [1.165, 1.54) is 49.6 Å². The van der Waals surface area contributed by atoms with Gasteiger partial charge in [-0.05, 0) is 36.4 Å². The molecule has 3 rings (SSSR count). The van der Waals surface area contributed by atoms with Crippen LogP contribution in [0.2, 0.25) is 5.02 Å². The lowest BCUT2D eigenvalue weighted by atomic mass is 10.0. The lowest BCUT2D eigenvalue weighted by molar-refractivity contribution is -0.306. The standard InChI is InChI=1S/C23H20ClNO6S/c1-31-21-9-5-8-18(22(21)32(29,30)17-12-10-16(24)11-13-17)25-19(23(27)28)14-20(26)15-6-3-2-4-7-15/h2-13,19,25H,14H2,1H3,(H,27,28)/p-1. The van der Waals surface area contributed by atoms with Gasteiger partial charge in [-0.15, -0.1) is 0 Å². The van der Waals surface area contributed by atoms with Crippen LogP contribution in [0.25, 0.3) is 0 Å². The Morgan fingerprint density at radius 2 is 1.66 bits per heavy atom. The van der Waals surface area contributed by atoms with Gasteiger partial charge in [0.15, 0.2) is 5.78 Å². The Hall–Kier alpha value is -3.36. The van der Waals surface area contributed by atoms with E-state index >= 15 is 0 Å². The Balaban J connectivity index is 2.01. The normalized spacial score (nSPS) is 12.1. The molecule has 0 aromatic heterocycles. The van der Waals surface area contributed by atoms with Crippen molar-refractivity contribution in [2.45, 2.75) is 22.3 Å². The minimum absolute atomic E-state index is 0.0106. The SMILES string of the molecule is COc1cccc(NC(CC(=O)c2ccccc2)C(=O)[O-])c1S(=O)(=O)c1ccc(Cl)cc1. The molecule has 1 N–H and O–H groups in total. The number of ketones is 1. The highest BCUT2D eigenvalue weighted by Crippen LogP contribution is 2.36. The molecule has 0 saturated heterocycles. The summed E-state index contributed by atoms with van der Waals surface area (Å²) in [5.74, 6) is -1.97. The smallest absolute Gasteiger partial charge is 0.212 e. The summed E-state index contributed by atoms with van der Waals surface area (Å²) in [5.41, 5.74) is 0.301. The molecule has 3 aromatic carbocycles. The van der Waals surface area contributed by atoms with Crippen LogP contribution in [0.5, 0.6) is 5.75 Å². The molecule has 0 aliphatic carbocycles. The Morgan fingerprint density at radius 1 is 1.00 bits per heavy atom. The number of carbonyl (C=O) groups is 2. The van der Waals surface area contributed by atoms with Crippen LogP contribution in [0.4, 0.5) is 5.69 Å². The van der Waals surface area contributed by atoms with Crippen LogP contribution in [0.1, 0.15) is 16.8 Å². The minimum atomic E-state index is -4.13. The van der Waals surface area contributed by atoms with Gasteiger partial charge < -0.3 is 20.0 Å². The van der Waals surface area contributed by atoms with E-state index in [1.54, 1.807) is 30.3 Å². The van der Waals surface area contributed by atoms with Crippen molar-refractivity contribution < 1.29 is 27.9 Å². The van der Waals surface area contributed by atoms with Gasteiger partial charge in [0.1, 0.15) is 10.6 Å². The fourth-order valence-corrected chi connectivity index (χ4v) is 4.80. The minimum Gasteiger partial charge on any atom is -0.548 e. The first-order valence-electron chi connectivity index (χ1n) is 9.47. The number of hydrogen-bond donors (Lipinski definition) is 1. The summed E-state index contributed by atoms with van der Waals surface area (Å²) in [6, 6.07) is 16.6. The van der Waals surface area contributed by atoms with Crippen LogP contribution in [0, 0.1) is 0 Å². The third-order valence-electron chi connectivity index (χ3n) is 4.69. The number of sulfone groups is 1. The first-order chi connectivity index (χ1) is 15.2. The molecule has 0 saturated carbocycles. The van der Waals surface area contributed by atoms with Crippen molar-refractivity contribution in [2.24, 2.45) is 0 Å². The van der Waals surface area contributed by atoms with E-state index in [-0.39, 0.29) is 21.2 Å². The highest BCUT2D eigenvalue weighted by molar-refractivity contribution is 7.91. The molecule has 0 aliphatic heterocycles. The van der Waals surface area contributed by atoms with Gasteiger partial charge in [0.05, 0.1) is 29.7 Å². The fourth-order valence-electron chi connectivity index (χ4n) is 3.11. The third kappa shape index (κ3) is 5.09. The van der Waals surface area contributed by atoms with Gasteiger partial charge in [0.25, 0.3) is 0 Å². The molecule has 166 valence electrons. The first-order valence-corrected chi connectivity index (χ1v) is 11.3. The van der Waals surface area contributed by atoms with Gasteiger partial charge >= 0.3 is 0 Å². The summed E-state index contributed by atoms with van der Waals surface area (Å²) in [4.78, 5) is 24.0. The predicted molar refractivity (Wildman–Crippen MR) is 118 cm³/mol. The van der Waals surface area contributed by atoms with Crippen LogP contribution in [-0.4, -0.2) is 33.3 Å². The molecule has 0 radical (unpaired) electrons. The van der Waals surface area contributed by atoms with Crippen LogP contribution in [0.15, 0.2) is 82.6 Å². The van der Waals surface area contributed by atoms with E-state index in [9.17, 15) is 23.1 Å². The molecule has 7 nitrogen and oxygen atoms in total. The van der Waals surface area contributed by atoms with Crippen molar-refractivity contribution in [3.8, 4) is 5.75 Å². The van der Waals surface area contributed by atoms with Gasteiger partial charge in [0.2, 0.25) is 9.84 Å². The largest absolute Gasteiger partial charge is 0.548 e. The lowest BCUT2D eigenvalue weighted by Crippen LogP contribution is -2.42. The van der Waals surface area contributed by atoms with Crippen molar-refractivity contribution in [2.75, 3.05) is 12.4 Å².